The molecule has 0 radical (unpaired) electrons. The number of urea groups is 1. The fourth-order valence-electron chi connectivity index (χ4n) is 3.52. The number of halogens is 1. The summed E-state index contributed by atoms with van der Waals surface area (Å²) in [6, 6.07) is 13.6. The molecule has 1 fully saturated rings. The minimum Gasteiger partial charge on any atom is -0.352 e. The van der Waals surface area contributed by atoms with E-state index in [1.165, 1.54) is 6.07 Å². The number of benzene rings is 2. The molecule has 3 rings (SSSR count). The summed E-state index contributed by atoms with van der Waals surface area (Å²) in [5.74, 6) is -0.558. The van der Waals surface area contributed by atoms with E-state index in [4.69, 9.17) is 5.73 Å². The van der Waals surface area contributed by atoms with Crippen LogP contribution in [0.1, 0.15) is 36.5 Å². The number of likely N-dealkylation sites (tertiary alicyclic amines) is 1. The zero-order chi connectivity index (χ0) is 19.4. The van der Waals surface area contributed by atoms with Gasteiger partial charge < -0.3 is 16.0 Å². The second-order valence-electron chi connectivity index (χ2n) is 7.04. The van der Waals surface area contributed by atoms with Gasteiger partial charge in [-0.1, -0.05) is 42.5 Å². The number of primary amides is 1. The maximum Gasteiger partial charge on any atom is 0.312 e. The van der Waals surface area contributed by atoms with Crippen LogP contribution in [0.4, 0.5) is 9.18 Å². The van der Waals surface area contributed by atoms with Gasteiger partial charge in [0.2, 0.25) is 5.91 Å². The van der Waals surface area contributed by atoms with E-state index in [-0.39, 0.29) is 24.3 Å². The molecule has 3 amide bonds. The average Bonchev–Trinajstić information content (AvgIpc) is 2.64. The Morgan fingerprint density at radius 3 is 2.63 bits per heavy atom. The summed E-state index contributed by atoms with van der Waals surface area (Å²) in [6.45, 7) is 2.11. The van der Waals surface area contributed by atoms with Crippen molar-refractivity contribution < 1.29 is 14.0 Å². The number of piperidine rings is 1. The molecule has 0 spiro atoms. The van der Waals surface area contributed by atoms with Gasteiger partial charge in [0.1, 0.15) is 11.9 Å². The summed E-state index contributed by atoms with van der Waals surface area (Å²) in [5.41, 5.74) is 7.76. The first-order valence-electron chi connectivity index (χ1n) is 9.11. The zero-order valence-electron chi connectivity index (χ0n) is 15.3. The first-order valence-corrected chi connectivity index (χ1v) is 9.11. The third-order valence-corrected chi connectivity index (χ3v) is 5.00. The lowest BCUT2D eigenvalue weighted by Crippen LogP contribution is -2.55. The lowest BCUT2D eigenvalue weighted by Gasteiger charge is -2.37. The maximum atomic E-state index is 14.4. The van der Waals surface area contributed by atoms with E-state index < -0.39 is 12.1 Å². The van der Waals surface area contributed by atoms with Crippen molar-refractivity contribution >= 4 is 11.9 Å². The van der Waals surface area contributed by atoms with Gasteiger partial charge in [-0.25, -0.2) is 9.18 Å². The Morgan fingerprint density at radius 1 is 1.19 bits per heavy atom. The summed E-state index contributed by atoms with van der Waals surface area (Å²) in [4.78, 5) is 25.4. The van der Waals surface area contributed by atoms with Crippen LogP contribution in [0, 0.1) is 5.82 Å². The Bertz CT molecular complexity index is 825. The van der Waals surface area contributed by atoms with Crippen LogP contribution in [0.15, 0.2) is 48.5 Å². The van der Waals surface area contributed by atoms with Gasteiger partial charge in [-0.05, 0) is 43.4 Å². The lowest BCUT2D eigenvalue weighted by molar-refractivity contribution is -0.139. The van der Waals surface area contributed by atoms with Gasteiger partial charge >= 0.3 is 6.03 Å². The second-order valence-corrected chi connectivity index (χ2v) is 7.04. The quantitative estimate of drug-likeness (QED) is 0.850. The molecule has 142 valence electrons. The minimum absolute atomic E-state index is 0.0272. The third-order valence-electron chi connectivity index (χ3n) is 5.00. The molecule has 6 heteroatoms. The average molecular weight is 369 g/mol. The Morgan fingerprint density at radius 2 is 1.93 bits per heavy atom. The summed E-state index contributed by atoms with van der Waals surface area (Å²) in [5, 5.41) is 2.48. The summed E-state index contributed by atoms with van der Waals surface area (Å²) >= 11 is 0. The number of rotatable bonds is 5. The van der Waals surface area contributed by atoms with Crippen LogP contribution in [0.2, 0.25) is 0 Å². The smallest absolute Gasteiger partial charge is 0.312 e. The summed E-state index contributed by atoms with van der Waals surface area (Å²) in [7, 11) is 0. The van der Waals surface area contributed by atoms with Crippen molar-refractivity contribution in [1.82, 2.24) is 10.2 Å². The van der Waals surface area contributed by atoms with Gasteiger partial charge in [0.25, 0.3) is 0 Å². The number of nitrogens with zero attached hydrogens (tertiary/aromatic N) is 1. The van der Waals surface area contributed by atoms with Gasteiger partial charge in [-0.3, -0.25) is 4.79 Å². The van der Waals surface area contributed by atoms with E-state index in [1.807, 2.05) is 43.3 Å². The molecule has 2 atom stereocenters. The van der Waals surface area contributed by atoms with Gasteiger partial charge in [-0.2, -0.15) is 0 Å². The van der Waals surface area contributed by atoms with E-state index in [0.29, 0.717) is 18.4 Å². The molecular weight excluding hydrogens is 345 g/mol. The van der Waals surface area contributed by atoms with Crippen molar-refractivity contribution in [3.8, 4) is 0 Å². The Labute approximate surface area is 158 Å². The number of hydrogen-bond acceptors (Lipinski definition) is 2. The largest absolute Gasteiger partial charge is 0.352 e. The van der Waals surface area contributed by atoms with Crippen molar-refractivity contribution in [2.75, 3.05) is 0 Å². The van der Waals surface area contributed by atoms with E-state index in [1.54, 1.807) is 11.0 Å². The molecule has 1 saturated heterocycles. The van der Waals surface area contributed by atoms with Crippen molar-refractivity contribution in [2.24, 2.45) is 5.73 Å². The number of nitrogens with one attached hydrogen (secondary N) is 1. The van der Waals surface area contributed by atoms with Crippen LogP contribution in [0.3, 0.4) is 0 Å². The topological polar surface area (TPSA) is 75.4 Å². The number of amides is 3. The lowest BCUT2D eigenvalue weighted by atomic mass is 9.97. The Hall–Kier alpha value is -2.89. The van der Waals surface area contributed by atoms with Crippen molar-refractivity contribution in [3.05, 3.63) is 71.0 Å². The van der Waals surface area contributed by atoms with Crippen molar-refractivity contribution in [2.45, 2.75) is 44.8 Å². The molecule has 0 bridgehead atoms. The predicted octanol–water partition coefficient (Wildman–Crippen LogP) is 2.96. The highest BCUT2D eigenvalue weighted by molar-refractivity contribution is 5.87. The second kappa shape index (κ2) is 8.20. The summed E-state index contributed by atoms with van der Waals surface area (Å²) in [6.07, 6.45) is 1.96. The van der Waals surface area contributed by atoms with Crippen LogP contribution in [-0.2, 0) is 17.8 Å². The summed E-state index contributed by atoms with van der Waals surface area (Å²) < 4.78 is 14.4. The van der Waals surface area contributed by atoms with Gasteiger partial charge in [-0.15, -0.1) is 0 Å². The first-order chi connectivity index (χ1) is 12.9. The van der Waals surface area contributed by atoms with Crippen LogP contribution in [0.25, 0.3) is 0 Å². The molecule has 0 unspecified atom stereocenters. The fraction of sp³-hybridized carbons (Fsp3) is 0.333. The molecule has 0 aromatic heterocycles. The molecule has 1 heterocycles. The maximum absolute atomic E-state index is 14.4. The number of carbonyl (C=O) groups excluding carboxylic acids is 2. The van der Waals surface area contributed by atoms with Crippen LogP contribution in [0.5, 0.6) is 0 Å². The zero-order valence-corrected chi connectivity index (χ0v) is 15.3. The molecule has 2 aromatic carbocycles. The SMILES string of the molecule is C[C@@H]1CC[C@@H](NC(N)=O)C(=O)N1Cc1cc(Cc2ccccc2)ccc1F. The highest BCUT2D eigenvalue weighted by Gasteiger charge is 2.34. The molecule has 27 heavy (non-hydrogen) atoms. The third kappa shape index (κ3) is 4.64. The molecule has 0 saturated carbocycles. The highest BCUT2D eigenvalue weighted by Crippen LogP contribution is 2.23. The van der Waals surface area contributed by atoms with Gasteiger partial charge in [0, 0.05) is 18.2 Å². The van der Waals surface area contributed by atoms with E-state index in [9.17, 15) is 14.0 Å². The molecule has 0 aliphatic carbocycles. The Kier molecular flexibility index (Phi) is 5.74. The monoisotopic (exact) mass is 369 g/mol. The number of hydrogen-bond donors (Lipinski definition) is 2. The molecule has 3 N–H and O–H groups in total. The van der Waals surface area contributed by atoms with Crippen LogP contribution >= 0.6 is 0 Å². The van der Waals surface area contributed by atoms with Crippen molar-refractivity contribution in [1.29, 1.82) is 0 Å². The predicted molar refractivity (Wildman–Crippen MR) is 101 cm³/mol. The highest BCUT2D eigenvalue weighted by atomic mass is 19.1. The van der Waals surface area contributed by atoms with Crippen molar-refractivity contribution in [3.63, 3.8) is 0 Å². The minimum atomic E-state index is -0.723. The number of carbonyl (C=O) groups is 2. The van der Waals surface area contributed by atoms with E-state index >= 15 is 0 Å². The molecule has 1 aliphatic rings. The van der Waals surface area contributed by atoms with Gasteiger partial charge in [0.15, 0.2) is 0 Å². The standard InChI is InChI=1S/C21H24FN3O2/c1-14-7-10-19(24-21(23)27)20(26)25(14)13-17-12-16(8-9-18(17)22)11-15-5-3-2-4-6-15/h2-6,8-9,12,14,19H,7,10-11,13H2,1H3,(H3,23,24,27)/t14-,19-/m1/s1. The number of nitrogens with two attached hydrogens (primary N) is 1. The molecular formula is C21H24FN3O2. The van der Waals surface area contributed by atoms with Crippen LogP contribution in [-0.4, -0.2) is 28.9 Å². The van der Waals surface area contributed by atoms with Gasteiger partial charge in [0.05, 0.1) is 0 Å². The normalized spacial score (nSPS) is 19.8. The molecule has 1 aliphatic heterocycles. The van der Waals surface area contributed by atoms with E-state index in [0.717, 1.165) is 17.5 Å². The van der Waals surface area contributed by atoms with E-state index in [2.05, 4.69) is 5.32 Å². The molecule has 2 aromatic rings. The fourth-order valence-corrected chi connectivity index (χ4v) is 3.52. The van der Waals surface area contributed by atoms with Crippen LogP contribution < -0.4 is 11.1 Å². The Balaban J connectivity index is 1.78. The molecule has 5 nitrogen and oxygen atoms in total. The first kappa shape index (κ1) is 18.9.